The standard InChI is InChI=1S/C14H20N2O5/c1-9(17)12(13(18)19)16-14(20)15-11-6-4-3-5-10(11)7-8-21-2/h3-6,9,12,17H,7-8H2,1-2H3,(H,18,19)(H2,15,16,20)/t9-,12+/m1/s1. The van der Waals surface area contributed by atoms with E-state index in [0.29, 0.717) is 18.7 Å². The zero-order valence-electron chi connectivity index (χ0n) is 12.0. The van der Waals surface area contributed by atoms with Crippen molar-refractivity contribution in [1.82, 2.24) is 5.32 Å². The number of anilines is 1. The minimum absolute atomic E-state index is 0.506. The molecule has 0 unspecified atom stereocenters. The Morgan fingerprint density at radius 1 is 1.33 bits per heavy atom. The summed E-state index contributed by atoms with van der Waals surface area (Å²) >= 11 is 0. The van der Waals surface area contributed by atoms with Gasteiger partial charge in [0.1, 0.15) is 0 Å². The molecule has 1 aromatic carbocycles. The Balaban J connectivity index is 2.72. The monoisotopic (exact) mass is 296 g/mol. The molecule has 0 spiro atoms. The van der Waals surface area contributed by atoms with Crippen LogP contribution in [-0.4, -0.2) is 48.1 Å². The minimum Gasteiger partial charge on any atom is -0.480 e. The number of para-hydroxylation sites is 1. The lowest BCUT2D eigenvalue weighted by Gasteiger charge is -2.18. The first kappa shape index (κ1) is 16.9. The van der Waals surface area contributed by atoms with Crippen molar-refractivity contribution in [2.24, 2.45) is 0 Å². The molecule has 2 atom stereocenters. The zero-order valence-corrected chi connectivity index (χ0v) is 12.0. The van der Waals surface area contributed by atoms with Gasteiger partial charge in [-0.25, -0.2) is 9.59 Å². The lowest BCUT2D eigenvalue weighted by Crippen LogP contribution is -2.49. The third-order valence-corrected chi connectivity index (χ3v) is 2.88. The summed E-state index contributed by atoms with van der Waals surface area (Å²) in [5, 5.41) is 23.0. The fourth-order valence-electron chi connectivity index (χ4n) is 1.76. The van der Waals surface area contributed by atoms with Crippen LogP contribution in [0.15, 0.2) is 24.3 Å². The summed E-state index contributed by atoms with van der Waals surface area (Å²) < 4.78 is 4.99. The molecule has 0 aliphatic heterocycles. The first-order valence-corrected chi connectivity index (χ1v) is 6.51. The average molecular weight is 296 g/mol. The molecule has 0 bridgehead atoms. The van der Waals surface area contributed by atoms with Crippen LogP contribution < -0.4 is 10.6 Å². The van der Waals surface area contributed by atoms with Gasteiger partial charge in [0.05, 0.1) is 12.7 Å². The number of carboxylic acid groups (broad SMARTS) is 1. The van der Waals surface area contributed by atoms with Gasteiger partial charge in [-0.2, -0.15) is 0 Å². The Labute approximate surface area is 122 Å². The Morgan fingerprint density at radius 3 is 2.57 bits per heavy atom. The molecular formula is C14H20N2O5. The molecule has 0 fully saturated rings. The van der Waals surface area contributed by atoms with Crippen LogP contribution in [0.4, 0.5) is 10.5 Å². The van der Waals surface area contributed by atoms with E-state index in [0.717, 1.165) is 5.56 Å². The van der Waals surface area contributed by atoms with Gasteiger partial charge in [0.15, 0.2) is 6.04 Å². The first-order chi connectivity index (χ1) is 9.95. The van der Waals surface area contributed by atoms with Gasteiger partial charge in [-0.05, 0) is 25.0 Å². The average Bonchev–Trinajstić information content (AvgIpc) is 2.43. The molecule has 1 aromatic rings. The van der Waals surface area contributed by atoms with E-state index >= 15 is 0 Å². The van der Waals surface area contributed by atoms with Gasteiger partial charge in [-0.15, -0.1) is 0 Å². The number of urea groups is 1. The number of aliphatic hydroxyl groups excluding tert-OH is 1. The molecule has 7 nitrogen and oxygen atoms in total. The lowest BCUT2D eigenvalue weighted by atomic mass is 10.1. The number of nitrogens with one attached hydrogen (secondary N) is 2. The maximum absolute atomic E-state index is 11.8. The summed E-state index contributed by atoms with van der Waals surface area (Å²) in [4.78, 5) is 22.7. The second kappa shape index (κ2) is 8.23. The van der Waals surface area contributed by atoms with Crippen molar-refractivity contribution >= 4 is 17.7 Å². The largest absolute Gasteiger partial charge is 0.480 e. The van der Waals surface area contributed by atoms with Gasteiger partial charge < -0.3 is 25.6 Å². The molecule has 116 valence electrons. The molecule has 7 heteroatoms. The number of carbonyl (C=O) groups excluding carboxylic acids is 1. The fourth-order valence-corrected chi connectivity index (χ4v) is 1.76. The van der Waals surface area contributed by atoms with Gasteiger partial charge in [-0.3, -0.25) is 0 Å². The van der Waals surface area contributed by atoms with E-state index in [1.165, 1.54) is 6.92 Å². The summed E-state index contributed by atoms with van der Waals surface area (Å²) in [5.74, 6) is -1.30. The number of aliphatic hydroxyl groups is 1. The van der Waals surface area contributed by atoms with Gasteiger partial charge >= 0.3 is 12.0 Å². The van der Waals surface area contributed by atoms with Crippen LogP contribution in [-0.2, 0) is 16.0 Å². The summed E-state index contributed by atoms with van der Waals surface area (Å²) in [6.07, 6.45) is -0.580. The third-order valence-electron chi connectivity index (χ3n) is 2.88. The molecule has 4 N–H and O–H groups in total. The van der Waals surface area contributed by atoms with Crippen molar-refractivity contribution in [3.05, 3.63) is 29.8 Å². The lowest BCUT2D eigenvalue weighted by molar-refractivity contribution is -0.141. The number of hydrogen-bond donors (Lipinski definition) is 4. The molecular weight excluding hydrogens is 276 g/mol. The molecule has 0 saturated heterocycles. The predicted octanol–water partition coefficient (Wildman–Crippen LogP) is 0.831. The van der Waals surface area contributed by atoms with E-state index < -0.39 is 24.1 Å². The Bertz CT molecular complexity index is 490. The second-order valence-corrected chi connectivity index (χ2v) is 4.55. The van der Waals surface area contributed by atoms with E-state index in [4.69, 9.17) is 9.84 Å². The van der Waals surface area contributed by atoms with Gasteiger partial charge in [0, 0.05) is 12.8 Å². The maximum atomic E-state index is 11.8. The summed E-state index contributed by atoms with van der Waals surface area (Å²) in [7, 11) is 1.59. The number of rotatable bonds is 7. The maximum Gasteiger partial charge on any atom is 0.328 e. The number of ether oxygens (including phenoxy) is 1. The van der Waals surface area contributed by atoms with Crippen LogP contribution in [0.1, 0.15) is 12.5 Å². The van der Waals surface area contributed by atoms with Gasteiger partial charge in [-0.1, -0.05) is 18.2 Å². The highest BCUT2D eigenvalue weighted by molar-refractivity contribution is 5.93. The number of amides is 2. The van der Waals surface area contributed by atoms with E-state index in [1.54, 1.807) is 19.2 Å². The SMILES string of the molecule is COCCc1ccccc1NC(=O)N[C@H](C(=O)O)[C@@H](C)O. The van der Waals surface area contributed by atoms with Crippen molar-refractivity contribution in [1.29, 1.82) is 0 Å². The summed E-state index contributed by atoms with van der Waals surface area (Å²) in [5.41, 5.74) is 1.44. The second-order valence-electron chi connectivity index (χ2n) is 4.55. The Kier molecular flexibility index (Phi) is 6.64. The van der Waals surface area contributed by atoms with E-state index in [-0.39, 0.29) is 0 Å². The zero-order chi connectivity index (χ0) is 15.8. The van der Waals surface area contributed by atoms with Crippen LogP contribution >= 0.6 is 0 Å². The van der Waals surface area contributed by atoms with Crippen molar-refractivity contribution in [3.63, 3.8) is 0 Å². The van der Waals surface area contributed by atoms with Gasteiger partial charge in [0.25, 0.3) is 0 Å². The van der Waals surface area contributed by atoms with E-state index in [1.807, 2.05) is 12.1 Å². The van der Waals surface area contributed by atoms with Crippen molar-refractivity contribution in [2.45, 2.75) is 25.5 Å². The van der Waals surface area contributed by atoms with E-state index in [2.05, 4.69) is 10.6 Å². The molecule has 21 heavy (non-hydrogen) atoms. The summed E-state index contributed by atoms with van der Waals surface area (Å²) in [6.45, 7) is 1.80. The fraction of sp³-hybridized carbons (Fsp3) is 0.429. The normalized spacial score (nSPS) is 13.3. The highest BCUT2D eigenvalue weighted by atomic mass is 16.5. The molecule has 0 aromatic heterocycles. The molecule has 0 radical (unpaired) electrons. The number of benzene rings is 1. The molecule has 0 heterocycles. The summed E-state index contributed by atoms with van der Waals surface area (Å²) in [6, 6.07) is 5.10. The first-order valence-electron chi connectivity index (χ1n) is 6.51. The number of carboxylic acids is 1. The van der Waals surface area contributed by atoms with Crippen LogP contribution in [0, 0.1) is 0 Å². The van der Waals surface area contributed by atoms with Crippen molar-refractivity contribution in [2.75, 3.05) is 19.0 Å². The van der Waals surface area contributed by atoms with Crippen LogP contribution in [0.25, 0.3) is 0 Å². The van der Waals surface area contributed by atoms with Crippen LogP contribution in [0.5, 0.6) is 0 Å². The smallest absolute Gasteiger partial charge is 0.328 e. The van der Waals surface area contributed by atoms with Crippen LogP contribution in [0.2, 0.25) is 0 Å². The van der Waals surface area contributed by atoms with Gasteiger partial charge in [0.2, 0.25) is 0 Å². The Hall–Kier alpha value is -2.12. The van der Waals surface area contributed by atoms with Crippen LogP contribution in [0.3, 0.4) is 0 Å². The topological polar surface area (TPSA) is 108 Å². The third kappa shape index (κ3) is 5.41. The predicted molar refractivity (Wildman–Crippen MR) is 77.3 cm³/mol. The number of aliphatic carboxylic acids is 1. The highest BCUT2D eigenvalue weighted by Gasteiger charge is 2.25. The molecule has 0 aliphatic carbocycles. The van der Waals surface area contributed by atoms with Crippen molar-refractivity contribution < 1.29 is 24.5 Å². The number of carbonyl (C=O) groups is 2. The molecule has 0 aliphatic rings. The molecule has 0 saturated carbocycles. The Morgan fingerprint density at radius 2 is 2.00 bits per heavy atom. The molecule has 2 amide bonds. The quantitative estimate of drug-likeness (QED) is 0.596. The minimum atomic E-state index is -1.36. The molecule has 1 rings (SSSR count). The highest BCUT2D eigenvalue weighted by Crippen LogP contribution is 2.15. The van der Waals surface area contributed by atoms with Crippen molar-refractivity contribution in [3.8, 4) is 0 Å². The number of hydrogen-bond acceptors (Lipinski definition) is 4. The number of methoxy groups -OCH3 is 1. The van der Waals surface area contributed by atoms with E-state index in [9.17, 15) is 14.7 Å².